The van der Waals surface area contributed by atoms with E-state index in [1.807, 2.05) is 32.0 Å². The zero-order valence-electron chi connectivity index (χ0n) is 11.2. The van der Waals surface area contributed by atoms with Gasteiger partial charge < -0.3 is 9.72 Å². The van der Waals surface area contributed by atoms with Gasteiger partial charge in [-0.3, -0.25) is 0 Å². The van der Waals surface area contributed by atoms with E-state index in [1.165, 1.54) is 16.5 Å². The number of aromatic nitrogens is 1. The van der Waals surface area contributed by atoms with Crippen molar-refractivity contribution >= 4 is 10.9 Å². The minimum Gasteiger partial charge on any atom is -0.491 e. The molecule has 1 heterocycles. The first-order chi connectivity index (χ1) is 9.22. The van der Waals surface area contributed by atoms with Gasteiger partial charge in [-0.2, -0.15) is 0 Å². The molecule has 0 unspecified atom stereocenters. The molecular formula is C17H17NO. The predicted molar refractivity (Wildman–Crippen MR) is 79.5 cm³/mol. The summed E-state index contributed by atoms with van der Waals surface area (Å²) in [6.07, 6.45) is 0.207. The highest BCUT2D eigenvalue weighted by molar-refractivity contribution is 5.85. The number of ether oxygens (including phenoxy) is 1. The summed E-state index contributed by atoms with van der Waals surface area (Å²) >= 11 is 0. The van der Waals surface area contributed by atoms with Crippen molar-refractivity contribution in [3.8, 4) is 17.0 Å². The number of hydrogen-bond donors (Lipinski definition) is 1. The van der Waals surface area contributed by atoms with E-state index in [1.54, 1.807) is 0 Å². The minimum absolute atomic E-state index is 0.207. The van der Waals surface area contributed by atoms with Crippen LogP contribution in [0.25, 0.3) is 22.2 Å². The Morgan fingerprint density at radius 1 is 0.947 bits per heavy atom. The highest BCUT2D eigenvalue weighted by Gasteiger charge is 2.03. The summed E-state index contributed by atoms with van der Waals surface area (Å²) in [6.45, 7) is 4.07. The Hall–Kier alpha value is -2.22. The average Bonchev–Trinajstić information content (AvgIpc) is 2.82. The molecule has 96 valence electrons. The lowest BCUT2D eigenvalue weighted by Gasteiger charge is -2.09. The van der Waals surface area contributed by atoms with Gasteiger partial charge in [0.05, 0.1) is 6.10 Å². The Kier molecular flexibility index (Phi) is 3.00. The normalized spacial score (nSPS) is 11.1. The van der Waals surface area contributed by atoms with Gasteiger partial charge in [-0.15, -0.1) is 0 Å². The zero-order chi connectivity index (χ0) is 13.2. The molecule has 2 heteroatoms. The maximum absolute atomic E-state index is 5.65. The maximum Gasteiger partial charge on any atom is 0.119 e. The van der Waals surface area contributed by atoms with Crippen LogP contribution in [0.3, 0.4) is 0 Å². The Labute approximate surface area is 113 Å². The van der Waals surface area contributed by atoms with Crippen LogP contribution in [0.1, 0.15) is 13.8 Å². The van der Waals surface area contributed by atoms with Crippen molar-refractivity contribution in [1.82, 2.24) is 4.98 Å². The number of aromatic amines is 1. The number of benzene rings is 2. The van der Waals surface area contributed by atoms with Gasteiger partial charge in [0.2, 0.25) is 0 Å². The van der Waals surface area contributed by atoms with Gasteiger partial charge in [-0.25, -0.2) is 0 Å². The third-order valence-corrected chi connectivity index (χ3v) is 3.07. The molecule has 2 nitrogen and oxygen atoms in total. The highest BCUT2D eigenvalue weighted by atomic mass is 16.5. The molecule has 0 saturated carbocycles. The molecule has 0 saturated heterocycles. The van der Waals surface area contributed by atoms with E-state index in [2.05, 4.69) is 41.4 Å². The van der Waals surface area contributed by atoms with E-state index < -0.39 is 0 Å². The van der Waals surface area contributed by atoms with Crippen molar-refractivity contribution in [2.45, 2.75) is 20.0 Å². The first kappa shape index (κ1) is 11.8. The van der Waals surface area contributed by atoms with E-state index in [4.69, 9.17) is 4.74 Å². The van der Waals surface area contributed by atoms with Gasteiger partial charge in [-0.05, 0) is 55.8 Å². The van der Waals surface area contributed by atoms with Gasteiger partial charge in [0.1, 0.15) is 5.75 Å². The second-order valence-electron chi connectivity index (χ2n) is 4.96. The lowest BCUT2D eigenvalue weighted by molar-refractivity contribution is 0.242. The van der Waals surface area contributed by atoms with E-state index in [-0.39, 0.29) is 6.10 Å². The summed E-state index contributed by atoms with van der Waals surface area (Å²) in [5.74, 6) is 0.912. The van der Waals surface area contributed by atoms with Crippen LogP contribution in [0.5, 0.6) is 5.75 Å². The van der Waals surface area contributed by atoms with Crippen molar-refractivity contribution in [2.24, 2.45) is 0 Å². The Bertz CT molecular complexity index is 647. The van der Waals surface area contributed by atoms with Crippen LogP contribution in [0.4, 0.5) is 0 Å². The molecule has 0 radical (unpaired) electrons. The molecule has 3 rings (SSSR count). The Morgan fingerprint density at radius 3 is 2.37 bits per heavy atom. The second kappa shape index (κ2) is 4.81. The number of H-pyrrole nitrogens is 1. The second-order valence-corrected chi connectivity index (χ2v) is 4.96. The fourth-order valence-electron chi connectivity index (χ4n) is 2.21. The number of rotatable bonds is 3. The summed E-state index contributed by atoms with van der Waals surface area (Å²) in [5.41, 5.74) is 3.48. The molecule has 1 aromatic heterocycles. The molecule has 2 aromatic carbocycles. The van der Waals surface area contributed by atoms with Crippen molar-refractivity contribution in [3.63, 3.8) is 0 Å². The van der Waals surface area contributed by atoms with Gasteiger partial charge >= 0.3 is 0 Å². The molecule has 19 heavy (non-hydrogen) atoms. The average molecular weight is 251 g/mol. The molecule has 0 aliphatic heterocycles. The number of hydrogen-bond acceptors (Lipinski definition) is 1. The lowest BCUT2D eigenvalue weighted by Crippen LogP contribution is -2.05. The number of fused-ring (bicyclic) bond motifs is 1. The third-order valence-electron chi connectivity index (χ3n) is 3.07. The highest BCUT2D eigenvalue weighted by Crippen LogP contribution is 2.25. The van der Waals surface area contributed by atoms with Gasteiger partial charge in [0, 0.05) is 16.6 Å². The molecule has 0 bridgehead atoms. The smallest absolute Gasteiger partial charge is 0.119 e. The predicted octanol–water partition coefficient (Wildman–Crippen LogP) is 4.62. The van der Waals surface area contributed by atoms with Crippen LogP contribution >= 0.6 is 0 Å². The Morgan fingerprint density at radius 2 is 1.68 bits per heavy atom. The fraction of sp³-hybridized carbons (Fsp3) is 0.176. The molecule has 0 spiro atoms. The maximum atomic E-state index is 5.65. The summed E-state index contributed by atoms with van der Waals surface area (Å²) in [4.78, 5) is 3.43. The van der Waals surface area contributed by atoms with Crippen LogP contribution in [0.2, 0.25) is 0 Å². The first-order valence-corrected chi connectivity index (χ1v) is 6.57. The van der Waals surface area contributed by atoms with Gasteiger partial charge in [0.15, 0.2) is 0 Å². The standard InChI is InChI=1S/C17H17NO/c1-12(2)19-15-9-7-13(8-10-15)17-11-14-5-3-4-6-16(14)18-17/h3-12,18H,1-2H3. The number of para-hydroxylation sites is 1. The molecule has 0 atom stereocenters. The minimum atomic E-state index is 0.207. The van der Waals surface area contributed by atoms with Crippen molar-refractivity contribution < 1.29 is 4.74 Å². The van der Waals surface area contributed by atoms with Crippen LogP contribution in [0, 0.1) is 0 Å². The topological polar surface area (TPSA) is 25.0 Å². The van der Waals surface area contributed by atoms with Crippen LogP contribution < -0.4 is 4.74 Å². The molecule has 0 fully saturated rings. The fourth-order valence-corrected chi connectivity index (χ4v) is 2.21. The first-order valence-electron chi connectivity index (χ1n) is 6.57. The van der Waals surface area contributed by atoms with Crippen molar-refractivity contribution in [1.29, 1.82) is 0 Å². The lowest BCUT2D eigenvalue weighted by atomic mass is 10.1. The largest absolute Gasteiger partial charge is 0.491 e. The summed E-state index contributed by atoms with van der Waals surface area (Å²) in [6, 6.07) is 18.7. The van der Waals surface area contributed by atoms with Crippen LogP contribution in [-0.2, 0) is 0 Å². The van der Waals surface area contributed by atoms with E-state index >= 15 is 0 Å². The van der Waals surface area contributed by atoms with Crippen molar-refractivity contribution in [3.05, 3.63) is 54.6 Å². The molecule has 0 aliphatic rings. The summed E-state index contributed by atoms with van der Waals surface area (Å²) in [5, 5.41) is 1.24. The summed E-state index contributed by atoms with van der Waals surface area (Å²) < 4.78 is 5.65. The monoisotopic (exact) mass is 251 g/mol. The SMILES string of the molecule is CC(C)Oc1ccc(-c2cc3ccccc3[nH]2)cc1. The summed E-state index contributed by atoms with van der Waals surface area (Å²) in [7, 11) is 0. The van der Waals surface area contributed by atoms with Crippen LogP contribution in [0.15, 0.2) is 54.6 Å². The van der Waals surface area contributed by atoms with Gasteiger partial charge in [-0.1, -0.05) is 18.2 Å². The molecule has 0 aliphatic carbocycles. The van der Waals surface area contributed by atoms with E-state index in [0.717, 1.165) is 11.4 Å². The van der Waals surface area contributed by atoms with Crippen molar-refractivity contribution in [2.75, 3.05) is 0 Å². The van der Waals surface area contributed by atoms with E-state index in [9.17, 15) is 0 Å². The number of nitrogens with one attached hydrogen (secondary N) is 1. The molecule has 1 N–H and O–H groups in total. The molecule has 0 amide bonds. The van der Waals surface area contributed by atoms with Gasteiger partial charge in [0.25, 0.3) is 0 Å². The quantitative estimate of drug-likeness (QED) is 0.721. The third kappa shape index (κ3) is 2.48. The van der Waals surface area contributed by atoms with E-state index in [0.29, 0.717) is 0 Å². The van der Waals surface area contributed by atoms with Crippen LogP contribution in [-0.4, -0.2) is 11.1 Å². The Balaban J connectivity index is 1.93. The molecule has 3 aromatic rings. The molecular weight excluding hydrogens is 234 g/mol. The zero-order valence-corrected chi connectivity index (χ0v) is 11.2.